The van der Waals surface area contributed by atoms with Crippen molar-refractivity contribution in [3.63, 3.8) is 0 Å². The van der Waals surface area contributed by atoms with E-state index in [0.29, 0.717) is 26.2 Å². The molecule has 0 unspecified atom stereocenters. The van der Waals surface area contributed by atoms with E-state index in [2.05, 4.69) is 0 Å². The molecule has 1 amide bonds. The van der Waals surface area contributed by atoms with Crippen molar-refractivity contribution in [3.8, 4) is 0 Å². The van der Waals surface area contributed by atoms with Gasteiger partial charge in [-0.05, 0) is 19.8 Å². The topological polar surface area (TPSA) is 66.8 Å². The predicted molar refractivity (Wildman–Crippen MR) is 53.5 cm³/mol. The maximum atomic E-state index is 11.6. The van der Waals surface area contributed by atoms with Crippen LogP contribution in [0.25, 0.3) is 0 Å². The SMILES string of the molecule is CCOCCC(=O)N1CCC[C@H]1C(=O)O. The standard InChI is InChI=1S/C10H17NO4/c1-2-15-7-5-9(12)11-6-3-4-8(11)10(13)14/h8H,2-7H2,1H3,(H,13,14)/t8-/m0/s1. The summed E-state index contributed by atoms with van der Waals surface area (Å²) in [5.41, 5.74) is 0. The number of aliphatic carboxylic acids is 1. The number of rotatable bonds is 5. The number of carboxylic acid groups (broad SMARTS) is 1. The molecule has 1 aliphatic heterocycles. The van der Waals surface area contributed by atoms with Crippen LogP contribution in [0.2, 0.25) is 0 Å². The molecule has 1 atom stereocenters. The Morgan fingerprint density at radius 2 is 2.27 bits per heavy atom. The predicted octanol–water partition coefficient (Wildman–Crippen LogP) is 0.489. The molecule has 0 aliphatic carbocycles. The fraction of sp³-hybridized carbons (Fsp3) is 0.800. The molecular formula is C10H17NO4. The van der Waals surface area contributed by atoms with Gasteiger partial charge in [-0.25, -0.2) is 4.79 Å². The minimum absolute atomic E-state index is 0.117. The summed E-state index contributed by atoms with van der Waals surface area (Å²) in [5.74, 6) is -1.02. The van der Waals surface area contributed by atoms with E-state index in [1.165, 1.54) is 4.90 Å². The molecule has 1 rings (SSSR count). The van der Waals surface area contributed by atoms with Crippen LogP contribution in [0.4, 0.5) is 0 Å². The monoisotopic (exact) mass is 215 g/mol. The maximum absolute atomic E-state index is 11.6. The first-order valence-electron chi connectivity index (χ1n) is 5.26. The number of carbonyl (C=O) groups excluding carboxylic acids is 1. The van der Waals surface area contributed by atoms with Crippen molar-refractivity contribution in [1.82, 2.24) is 4.90 Å². The summed E-state index contributed by atoms with van der Waals surface area (Å²) in [5, 5.41) is 8.88. The van der Waals surface area contributed by atoms with Gasteiger partial charge in [-0.1, -0.05) is 0 Å². The van der Waals surface area contributed by atoms with Gasteiger partial charge in [-0.3, -0.25) is 4.79 Å². The molecule has 0 aromatic rings. The molecule has 0 aromatic heterocycles. The second kappa shape index (κ2) is 5.70. The first-order chi connectivity index (χ1) is 7.16. The zero-order chi connectivity index (χ0) is 11.3. The van der Waals surface area contributed by atoms with Gasteiger partial charge in [-0.2, -0.15) is 0 Å². The fourth-order valence-electron chi connectivity index (χ4n) is 1.77. The molecule has 1 aliphatic rings. The van der Waals surface area contributed by atoms with Gasteiger partial charge in [0.25, 0.3) is 0 Å². The van der Waals surface area contributed by atoms with Crippen LogP contribution in [-0.4, -0.2) is 47.7 Å². The van der Waals surface area contributed by atoms with E-state index in [9.17, 15) is 9.59 Å². The van der Waals surface area contributed by atoms with E-state index in [0.717, 1.165) is 6.42 Å². The quantitative estimate of drug-likeness (QED) is 0.678. The van der Waals surface area contributed by atoms with E-state index in [-0.39, 0.29) is 12.3 Å². The van der Waals surface area contributed by atoms with Gasteiger partial charge in [0.1, 0.15) is 6.04 Å². The summed E-state index contributed by atoms with van der Waals surface area (Å²) < 4.78 is 5.06. The summed E-state index contributed by atoms with van der Waals surface area (Å²) in [6.07, 6.45) is 1.62. The van der Waals surface area contributed by atoms with Gasteiger partial charge in [0.05, 0.1) is 13.0 Å². The average Bonchev–Trinajstić information content (AvgIpc) is 2.66. The number of carboxylic acids is 1. The minimum atomic E-state index is -0.905. The van der Waals surface area contributed by atoms with Crippen molar-refractivity contribution in [3.05, 3.63) is 0 Å². The van der Waals surface area contributed by atoms with Crippen LogP contribution >= 0.6 is 0 Å². The van der Waals surface area contributed by atoms with Gasteiger partial charge < -0.3 is 14.7 Å². The third kappa shape index (κ3) is 3.20. The second-order valence-corrected chi connectivity index (χ2v) is 3.53. The van der Waals surface area contributed by atoms with Crippen molar-refractivity contribution >= 4 is 11.9 Å². The first-order valence-corrected chi connectivity index (χ1v) is 5.26. The Morgan fingerprint density at radius 1 is 1.53 bits per heavy atom. The van der Waals surface area contributed by atoms with Gasteiger partial charge in [-0.15, -0.1) is 0 Å². The number of hydrogen-bond donors (Lipinski definition) is 1. The van der Waals surface area contributed by atoms with Gasteiger partial charge in [0.15, 0.2) is 0 Å². The molecule has 5 nitrogen and oxygen atoms in total. The van der Waals surface area contributed by atoms with Crippen molar-refractivity contribution < 1.29 is 19.4 Å². The Labute approximate surface area is 89.0 Å². The molecule has 1 N–H and O–H groups in total. The summed E-state index contributed by atoms with van der Waals surface area (Å²) in [4.78, 5) is 23.9. The minimum Gasteiger partial charge on any atom is -0.480 e. The van der Waals surface area contributed by atoms with Crippen LogP contribution in [0.5, 0.6) is 0 Å². The van der Waals surface area contributed by atoms with E-state index >= 15 is 0 Å². The molecule has 1 fully saturated rings. The highest BCUT2D eigenvalue weighted by Gasteiger charge is 2.33. The lowest BCUT2D eigenvalue weighted by molar-refractivity contribution is -0.148. The third-order valence-electron chi connectivity index (χ3n) is 2.52. The number of nitrogens with zero attached hydrogens (tertiary/aromatic N) is 1. The average molecular weight is 215 g/mol. The molecular weight excluding hydrogens is 198 g/mol. The highest BCUT2D eigenvalue weighted by atomic mass is 16.5. The Balaban J connectivity index is 2.40. The van der Waals surface area contributed by atoms with E-state index < -0.39 is 12.0 Å². The maximum Gasteiger partial charge on any atom is 0.326 e. The number of ether oxygens (including phenoxy) is 1. The Hall–Kier alpha value is -1.10. The zero-order valence-electron chi connectivity index (χ0n) is 8.94. The fourth-order valence-corrected chi connectivity index (χ4v) is 1.77. The Bertz CT molecular complexity index is 242. The third-order valence-corrected chi connectivity index (χ3v) is 2.52. The summed E-state index contributed by atoms with van der Waals surface area (Å²) in [6, 6.07) is -0.626. The molecule has 1 saturated heterocycles. The molecule has 0 radical (unpaired) electrons. The van der Waals surface area contributed by atoms with Crippen LogP contribution in [-0.2, 0) is 14.3 Å². The van der Waals surface area contributed by atoms with Crippen molar-refractivity contribution in [2.75, 3.05) is 19.8 Å². The normalized spacial score (nSPS) is 20.6. The van der Waals surface area contributed by atoms with Crippen molar-refractivity contribution in [2.45, 2.75) is 32.2 Å². The number of likely N-dealkylation sites (tertiary alicyclic amines) is 1. The molecule has 0 bridgehead atoms. The molecule has 0 spiro atoms. The zero-order valence-corrected chi connectivity index (χ0v) is 8.94. The van der Waals surface area contributed by atoms with Crippen LogP contribution in [0.3, 0.4) is 0 Å². The molecule has 5 heteroatoms. The van der Waals surface area contributed by atoms with Crippen LogP contribution < -0.4 is 0 Å². The second-order valence-electron chi connectivity index (χ2n) is 3.53. The Kier molecular flexibility index (Phi) is 4.55. The molecule has 0 saturated carbocycles. The molecule has 1 heterocycles. The van der Waals surface area contributed by atoms with Crippen molar-refractivity contribution in [2.24, 2.45) is 0 Å². The van der Waals surface area contributed by atoms with E-state index in [1.807, 2.05) is 6.92 Å². The lowest BCUT2D eigenvalue weighted by Crippen LogP contribution is -2.40. The van der Waals surface area contributed by atoms with Crippen LogP contribution in [0.1, 0.15) is 26.2 Å². The summed E-state index contributed by atoms with van der Waals surface area (Å²) in [6.45, 7) is 3.37. The highest BCUT2D eigenvalue weighted by Crippen LogP contribution is 2.18. The van der Waals surface area contributed by atoms with Crippen molar-refractivity contribution in [1.29, 1.82) is 0 Å². The van der Waals surface area contributed by atoms with E-state index in [4.69, 9.17) is 9.84 Å². The van der Waals surface area contributed by atoms with E-state index in [1.54, 1.807) is 0 Å². The Morgan fingerprint density at radius 3 is 2.87 bits per heavy atom. The summed E-state index contributed by atoms with van der Waals surface area (Å²) in [7, 11) is 0. The smallest absolute Gasteiger partial charge is 0.326 e. The summed E-state index contributed by atoms with van der Waals surface area (Å²) >= 11 is 0. The lowest BCUT2D eigenvalue weighted by Gasteiger charge is -2.21. The number of hydrogen-bond acceptors (Lipinski definition) is 3. The van der Waals surface area contributed by atoms with Gasteiger partial charge >= 0.3 is 5.97 Å². The van der Waals surface area contributed by atoms with Gasteiger partial charge in [0.2, 0.25) is 5.91 Å². The number of amides is 1. The molecule has 15 heavy (non-hydrogen) atoms. The lowest BCUT2D eigenvalue weighted by atomic mass is 10.2. The largest absolute Gasteiger partial charge is 0.480 e. The van der Waals surface area contributed by atoms with Gasteiger partial charge in [0, 0.05) is 13.2 Å². The highest BCUT2D eigenvalue weighted by molar-refractivity contribution is 5.84. The first kappa shape index (κ1) is 12.0. The van der Waals surface area contributed by atoms with Crippen LogP contribution in [0, 0.1) is 0 Å². The molecule has 86 valence electrons. The number of carbonyl (C=O) groups is 2. The van der Waals surface area contributed by atoms with Crippen LogP contribution in [0.15, 0.2) is 0 Å². The molecule has 0 aromatic carbocycles.